The molecule has 1 amide bonds. The van der Waals surface area contributed by atoms with Gasteiger partial charge in [0.05, 0.1) is 10.5 Å². The molecule has 108 valence electrons. The number of hydrogen-bond acceptors (Lipinski definition) is 2. The Morgan fingerprint density at radius 1 is 1.35 bits per heavy atom. The van der Waals surface area contributed by atoms with E-state index >= 15 is 0 Å². The molecule has 0 atom stereocenters. The minimum absolute atomic E-state index is 0.0929. The zero-order chi connectivity index (χ0) is 14.8. The molecule has 0 spiro atoms. The molecule has 0 saturated heterocycles. The zero-order valence-electron chi connectivity index (χ0n) is 11.5. The minimum Gasteiger partial charge on any atom is -0.391 e. The van der Waals surface area contributed by atoms with Crippen LogP contribution in [0.4, 0.5) is 0 Å². The summed E-state index contributed by atoms with van der Waals surface area (Å²) in [6.45, 7) is 1.92. The molecule has 0 aliphatic heterocycles. The highest BCUT2D eigenvalue weighted by Crippen LogP contribution is 2.29. The van der Waals surface area contributed by atoms with E-state index in [1.165, 1.54) is 6.42 Å². The molecule has 1 aromatic rings. The zero-order valence-corrected chi connectivity index (χ0v) is 13.9. The second kappa shape index (κ2) is 6.22. The number of hydrogen-bond donors (Lipinski definition) is 2. The average molecular weight is 355 g/mol. The van der Waals surface area contributed by atoms with Crippen molar-refractivity contribution in [3.05, 3.63) is 33.8 Å². The molecule has 0 unspecified atom stereocenters. The van der Waals surface area contributed by atoms with Crippen LogP contribution >= 0.6 is 28.1 Å². The Balaban J connectivity index is 2.22. The van der Waals surface area contributed by atoms with Crippen LogP contribution in [0.5, 0.6) is 0 Å². The van der Waals surface area contributed by atoms with E-state index in [4.69, 9.17) is 18.0 Å². The summed E-state index contributed by atoms with van der Waals surface area (Å²) in [5.74, 6) is -0.0929. The Morgan fingerprint density at radius 2 is 2.00 bits per heavy atom. The second-order valence-electron chi connectivity index (χ2n) is 5.42. The summed E-state index contributed by atoms with van der Waals surface area (Å²) in [4.78, 5) is 12.9. The SMILES string of the molecule is Cc1cc(Br)ccc1C(=O)NC1(C(N)=S)CCCCC1. The van der Waals surface area contributed by atoms with E-state index in [0.717, 1.165) is 35.7 Å². The molecule has 0 aromatic heterocycles. The molecule has 5 heteroatoms. The topological polar surface area (TPSA) is 55.1 Å². The van der Waals surface area contributed by atoms with Gasteiger partial charge in [0.15, 0.2) is 0 Å². The third-order valence-electron chi connectivity index (χ3n) is 3.96. The van der Waals surface area contributed by atoms with E-state index in [2.05, 4.69) is 21.2 Å². The van der Waals surface area contributed by atoms with Crippen LogP contribution in [0, 0.1) is 6.92 Å². The van der Waals surface area contributed by atoms with Crippen molar-refractivity contribution in [2.45, 2.75) is 44.6 Å². The Kier molecular flexibility index (Phi) is 4.81. The van der Waals surface area contributed by atoms with E-state index in [1.807, 2.05) is 25.1 Å². The number of rotatable bonds is 3. The highest BCUT2D eigenvalue weighted by molar-refractivity contribution is 9.10. The van der Waals surface area contributed by atoms with Crippen molar-refractivity contribution < 1.29 is 4.79 Å². The molecule has 0 bridgehead atoms. The number of halogens is 1. The van der Waals surface area contributed by atoms with Crippen LogP contribution in [0.25, 0.3) is 0 Å². The second-order valence-corrected chi connectivity index (χ2v) is 6.78. The fourth-order valence-electron chi connectivity index (χ4n) is 2.75. The van der Waals surface area contributed by atoms with Crippen LogP contribution in [0.1, 0.15) is 48.0 Å². The summed E-state index contributed by atoms with van der Waals surface area (Å²) in [6.07, 6.45) is 4.96. The van der Waals surface area contributed by atoms with Crippen molar-refractivity contribution in [2.75, 3.05) is 0 Å². The van der Waals surface area contributed by atoms with Crippen LogP contribution in [-0.2, 0) is 0 Å². The van der Waals surface area contributed by atoms with Crippen molar-refractivity contribution in [1.29, 1.82) is 0 Å². The smallest absolute Gasteiger partial charge is 0.252 e. The summed E-state index contributed by atoms with van der Waals surface area (Å²) >= 11 is 8.61. The van der Waals surface area contributed by atoms with Crippen molar-refractivity contribution in [1.82, 2.24) is 5.32 Å². The van der Waals surface area contributed by atoms with Crippen molar-refractivity contribution in [3.8, 4) is 0 Å². The first-order valence-corrected chi connectivity index (χ1v) is 8.03. The Morgan fingerprint density at radius 3 is 2.55 bits per heavy atom. The summed E-state index contributed by atoms with van der Waals surface area (Å²) in [5.41, 5.74) is 7.00. The highest BCUT2D eigenvalue weighted by atomic mass is 79.9. The normalized spacial score (nSPS) is 17.5. The van der Waals surface area contributed by atoms with Gasteiger partial charge in [0.1, 0.15) is 0 Å². The van der Waals surface area contributed by atoms with Gasteiger partial charge in [0.2, 0.25) is 0 Å². The molecule has 0 heterocycles. The number of nitrogens with one attached hydrogen (secondary N) is 1. The molecule has 1 aliphatic carbocycles. The molecule has 3 N–H and O–H groups in total. The fraction of sp³-hybridized carbons (Fsp3) is 0.467. The molecule has 3 nitrogen and oxygen atoms in total. The fourth-order valence-corrected chi connectivity index (χ4v) is 3.49. The van der Waals surface area contributed by atoms with Gasteiger partial charge in [0, 0.05) is 10.0 Å². The molecular weight excluding hydrogens is 336 g/mol. The van der Waals surface area contributed by atoms with Gasteiger partial charge >= 0.3 is 0 Å². The lowest BCUT2D eigenvalue weighted by atomic mass is 9.81. The third-order valence-corrected chi connectivity index (χ3v) is 4.85. The number of carbonyl (C=O) groups is 1. The number of carbonyl (C=O) groups excluding carboxylic acids is 1. The van der Waals surface area contributed by atoms with Gasteiger partial charge in [-0.15, -0.1) is 0 Å². The quantitative estimate of drug-likeness (QED) is 0.817. The largest absolute Gasteiger partial charge is 0.391 e. The highest BCUT2D eigenvalue weighted by Gasteiger charge is 2.36. The average Bonchev–Trinajstić information content (AvgIpc) is 2.39. The Labute approximate surface area is 133 Å². The molecule has 1 fully saturated rings. The molecule has 20 heavy (non-hydrogen) atoms. The van der Waals surface area contributed by atoms with Crippen LogP contribution in [0.3, 0.4) is 0 Å². The van der Waals surface area contributed by atoms with Crippen LogP contribution < -0.4 is 11.1 Å². The lowest BCUT2D eigenvalue weighted by molar-refractivity contribution is 0.0908. The van der Waals surface area contributed by atoms with Crippen LogP contribution in [0.15, 0.2) is 22.7 Å². The summed E-state index contributed by atoms with van der Waals surface area (Å²) in [7, 11) is 0. The van der Waals surface area contributed by atoms with E-state index in [0.29, 0.717) is 10.6 Å². The molecule has 0 radical (unpaired) electrons. The summed E-state index contributed by atoms with van der Waals surface area (Å²) in [5, 5.41) is 3.09. The van der Waals surface area contributed by atoms with Crippen molar-refractivity contribution in [2.24, 2.45) is 5.73 Å². The standard InChI is InChI=1S/C15H19BrN2OS/c1-10-9-11(16)5-6-12(10)13(19)18-15(14(17)20)7-3-2-4-8-15/h5-6,9H,2-4,7-8H2,1H3,(H2,17,20)(H,18,19). The van der Waals surface area contributed by atoms with Gasteiger partial charge < -0.3 is 11.1 Å². The molecule has 1 aromatic carbocycles. The lowest BCUT2D eigenvalue weighted by Crippen LogP contribution is -2.57. The first-order chi connectivity index (χ1) is 9.44. The van der Waals surface area contributed by atoms with E-state index in [9.17, 15) is 4.79 Å². The molecular formula is C15H19BrN2OS. The van der Waals surface area contributed by atoms with Crippen LogP contribution in [0.2, 0.25) is 0 Å². The van der Waals surface area contributed by atoms with Gasteiger partial charge in [-0.05, 0) is 43.5 Å². The van der Waals surface area contributed by atoms with Gasteiger partial charge in [-0.25, -0.2) is 0 Å². The number of thiocarbonyl (C=S) groups is 1. The number of amides is 1. The number of aryl methyl sites for hydroxylation is 1. The van der Waals surface area contributed by atoms with E-state index in [-0.39, 0.29) is 5.91 Å². The minimum atomic E-state index is -0.510. The van der Waals surface area contributed by atoms with Gasteiger partial charge in [-0.1, -0.05) is 47.4 Å². The van der Waals surface area contributed by atoms with Crippen molar-refractivity contribution in [3.63, 3.8) is 0 Å². The predicted molar refractivity (Wildman–Crippen MR) is 88.9 cm³/mol. The predicted octanol–water partition coefficient (Wildman–Crippen LogP) is 3.48. The summed E-state index contributed by atoms with van der Waals surface area (Å²) in [6, 6.07) is 5.63. The van der Waals surface area contributed by atoms with Crippen molar-refractivity contribution >= 4 is 39.0 Å². The lowest BCUT2D eigenvalue weighted by Gasteiger charge is -2.37. The van der Waals surface area contributed by atoms with Gasteiger partial charge in [0.25, 0.3) is 5.91 Å². The number of benzene rings is 1. The van der Waals surface area contributed by atoms with E-state index in [1.54, 1.807) is 0 Å². The maximum Gasteiger partial charge on any atom is 0.252 e. The molecule has 2 rings (SSSR count). The van der Waals surface area contributed by atoms with Crippen LogP contribution in [-0.4, -0.2) is 16.4 Å². The Hall–Kier alpha value is -0.940. The van der Waals surface area contributed by atoms with Gasteiger partial charge in [-0.2, -0.15) is 0 Å². The first-order valence-electron chi connectivity index (χ1n) is 6.83. The molecule has 1 saturated carbocycles. The molecule has 1 aliphatic rings. The Bertz CT molecular complexity index is 539. The third kappa shape index (κ3) is 3.20. The summed E-state index contributed by atoms with van der Waals surface area (Å²) < 4.78 is 0.966. The maximum atomic E-state index is 12.5. The van der Waals surface area contributed by atoms with Gasteiger partial charge in [-0.3, -0.25) is 4.79 Å². The number of nitrogens with two attached hydrogens (primary N) is 1. The monoisotopic (exact) mass is 354 g/mol. The maximum absolute atomic E-state index is 12.5. The van der Waals surface area contributed by atoms with E-state index < -0.39 is 5.54 Å². The first kappa shape index (κ1) is 15.4.